The summed E-state index contributed by atoms with van der Waals surface area (Å²) in [6.07, 6.45) is 9.94. The Balaban J connectivity index is 2.48. The fourth-order valence-electron chi connectivity index (χ4n) is 2.89. The Kier molecular flexibility index (Phi) is 10.5. The molecular formula is C22H35ClN2O2. The molecule has 0 saturated carbocycles. The molecule has 1 aromatic carbocycles. The largest absolute Gasteiger partial charge is 0.273 e. The van der Waals surface area contributed by atoms with Crippen LogP contribution in [-0.2, 0) is 4.79 Å². The quantitative estimate of drug-likeness (QED) is 0.382. The summed E-state index contributed by atoms with van der Waals surface area (Å²) in [5.74, 6) is -0.346. The Bertz CT molecular complexity index is 579. The van der Waals surface area contributed by atoms with Crippen LogP contribution in [0.4, 0.5) is 0 Å². The molecule has 0 aromatic heterocycles. The third-order valence-corrected chi connectivity index (χ3v) is 4.74. The Hall–Kier alpha value is -1.55. The van der Waals surface area contributed by atoms with Crippen LogP contribution in [0.15, 0.2) is 24.3 Å². The smallest absolute Gasteiger partial charge is 0.269 e. The normalized spacial score (nSPS) is 11.3. The van der Waals surface area contributed by atoms with Gasteiger partial charge in [-0.1, -0.05) is 63.5 Å². The molecule has 152 valence electrons. The van der Waals surface area contributed by atoms with Gasteiger partial charge in [-0.25, -0.2) is 5.01 Å². The predicted octanol–water partition coefficient (Wildman–Crippen LogP) is 6.14. The fourth-order valence-corrected chi connectivity index (χ4v) is 3.02. The molecule has 1 aromatic rings. The van der Waals surface area contributed by atoms with E-state index in [0.29, 0.717) is 17.0 Å². The van der Waals surface area contributed by atoms with E-state index >= 15 is 0 Å². The molecular weight excluding hydrogens is 360 g/mol. The topological polar surface area (TPSA) is 49.4 Å². The Labute approximate surface area is 169 Å². The first-order valence-corrected chi connectivity index (χ1v) is 10.5. The van der Waals surface area contributed by atoms with Crippen molar-refractivity contribution in [3.8, 4) is 0 Å². The molecule has 4 nitrogen and oxygen atoms in total. The summed E-state index contributed by atoms with van der Waals surface area (Å²) in [4.78, 5) is 25.1. The molecule has 1 N–H and O–H groups in total. The number of hydrogen-bond donors (Lipinski definition) is 1. The van der Waals surface area contributed by atoms with Gasteiger partial charge in [0.1, 0.15) is 0 Å². The number of carbonyl (C=O) groups is 2. The highest BCUT2D eigenvalue weighted by Crippen LogP contribution is 2.16. The first-order chi connectivity index (χ1) is 12.8. The maximum absolute atomic E-state index is 12.7. The highest BCUT2D eigenvalue weighted by Gasteiger charge is 2.28. The third kappa shape index (κ3) is 9.28. The second-order valence-electron chi connectivity index (χ2n) is 8.07. The number of carbonyl (C=O) groups excluding carboxylic acids is 2. The lowest BCUT2D eigenvalue weighted by molar-refractivity contribution is -0.139. The van der Waals surface area contributed by atoms with Gasteiger partial charge in [0.05, 0.1) is 5.54 Å². The van der Waals surface area contributed by atoms with E-state index in [0.717, 1.165) is 12.8 Å². The van der Waals surface area contributed by atoms with E-state index in [2.05, 4.69) is 12.3 Å². The summed E-state index contributed by atoms with van der Waals surface area (Å²) >= 11 is 5.87. The molecule has 0 radical (unpaired) electrons. The van der Waals surface area contributed by atoms with Crippen LogP contribution in [0, 0.1) is 0 Å². The molecule has 0 heterocycles. The molecule has 0 saturated heterocycles. The molecule has 0 aliphatic carbocycles. The van der Waals surface area contributed by atoms with E-state index in [4.69, 9.17) is 11.6 Å². The number of rotatable bonds is 10. The Morgan fingerprint density at radius 3 is 1.96 bits per heavy atom. The van der Waals surface area contributed by atoms with Crippen molar-refractivity contribution in [3.05, 3.63) is 34.9 Å². The van der Waals surface area contributed by atoms with Gasteiger partial charge in [0, 0.05) is 17.0 Å². The number of hydrazine groups is 1. The predicted molar refractivity (Wildman–Crippen MR) is 113 cm³/mol. The summed E-state index contributed by atoms with van der Waals surface area (Å²) in [6, 6.07) is 6.64. The maximum Gasteiger partial charge on any atom is 0.269 e. The minimum atomic E-state index is -0.487. The van der Waals surface area contributed by atoms with Crippen LogP contribution in [-0.4, -0.2) is 22.4 Å². The van der Waals surface area contributed by atoms with Crippen molar-refractivity contribution in [1.29, 1.82) is 0 Å². The van der Waals surface area contributed by atoms with Gasteiger partial charge >= 0.3 is 0 Å². The first-order valence-electron chi connectivity index (χ1n) is 10.2. The zero-order valence-corrected chi connectivity index (χ0v) is 18.1. The van der Waals surface area contributed by atoms with Crippen molar-refractivity contribution in [2.75, 3.05) is 0 Å². The molecule has 0 aliphatic rings. The van der Waals surface area contributed by atoms with Gasteiger partial charge in [-0.3, -0.25) is 15.0 Å². The number of benzene rings is 1. The molecule has 0 bridgehead atoms. The van der Waals surface area contributed by atoms with E-state index in [1.54, 1.807) is 24.3 Å². The van der Waals surface area contributed by atoms with Crippen molar-refractivity contribution in [3.63, 3.8) is 0 Å². The molecule has 0 aliphatic heterocycles. The molecule has 2 amide bonds. The third-order valence-electron chi connectivity index (χ3n) is 4.48. The van der Waals surface area contributed by atoms with Crippen molar-refractivity contribution in [2.45, 2.75) is 91.0 Å². The second kappa shape index (κ2) is 12.0. The fraction of sp³-hybridized carbons (Fsp3) is 0.636. The van der Waals surface area contributed by atoms with Crippen LogP contribution in [0.2, 0.25) is 5.02 Å². The van der Waals surface area contributed by atoms with Gasteiger partial charge in [-0.15, -0.1) is 0 Å². The van der Waals surface area contributed by atoms with E-state index in [9.17, 15) is 9.59 Å². The Morgan fingerprint density at radius 1 is 0.926 bits per heavy atom. The van der Waals surface area contributed by atoms with Crippen molar-refractivity contribution in [2.24, 2.45) is 0 Å². The number of halogens is 1. The van der Waals surface area contributed by atoms with E-state index in [1.807, 2.05) is 20.8 Å². The maximum atomic E-state index is 12.7. The average molecular weight is 395 g/mol. The number of unbranched alkanes of at least 4 members (excludes halogenated alkanes) is 7. The average Bonchev–Trinajstić information content (AvgIpc) is 2.61. The summed E-state index contributed by atoms with van der Waals surface area (Å²) in [5.41, 5.74) is 2.76. The molecule has 0 atom stereocenters. The van der Waals surface area contributed by atoms with Crippen LogP contribution in [0.25, 0.3) is 0 Å². The van der Waals surface area contributed by atoms with Gasteiger partial charge in [0.2, 0.25) is 5.91 Å². The molecule has 5 heteroatoms. The van der Waals surface area contributed by atoms with E-state index in [-0.39, 0.29) is 11.8 Å². The lowest BCUT2D eigenvalue weighted by Crippen LogP contribution is -2.55. The molecule has 0 spiro atoms. The van der Waals surface area contributed by atoms with Crippen LogP contribution in [0.1, 0.15) is 95.8 Å². The zero-order chi connectivity index (χ0) is 20.3. The van der Waals surface area contributed by atoms with Crippen LogP contribution in [0.3, 0.4) is 0 Å². The Morgan fingerprint density at radius 2 is 1.44 bits per heavy atom. The molecule has 0 fully saturated rings. The summed E-state index contributed by atoms with van der Waals surface area (Å²) in [5, 5.41) is 2.04. The standard InChI is InChI=1S/C22H35ClN2O2/c1-5-6-7-8-9-10-11-12-13-20(26)25(22(2,3)4)24-21(27)18-14-16-19(23)17-15-18/h14-17H,5-13H2,1-4H3,(H,24,27). The van der Waals surface area contributed by atoms with Crippen molar-refractivity contribution >= 4 is 23.4 Å². The van der Waals surface area contributed by atoms with Crippen molar-refractivity contribution < 1.29 is 9.59 Å². The summed E-state index contributed by atoms with van der Waals surface area (Å²) in [6.45, 7) is 7.97. The molecule has 0 unspecified atom stereocenters. The van der Waals surface area contributed by atoms with Crippen LogP contribution < -0.4 is 5.43 Å². The zero-order valence-electron chi connectivity index (χ0n) is 17.3. The lowest BCUT2D eigenvalue weighted by Gasteiger charge is -2.35. The molecule has 27 heavy (non-hydrogen) atoms. The number of hydrogen-bond acceptors (Lipinski definition) is 2. The van der Waals surface area contributed by atoms with Gasteiger partial charge in [0.15, 0.2) is 0 Å². The summed E-state index contributed by atoms with van der Waals surface area (Å²) in [7, 11) is 0. The van der Waals surface area contributed by atoms with E-state index < -0.39 is 5.54 Å². The first kappa shape index (κ1) is 23.5. The van der Waals surface area contributed by atoms with Gasteiger partial charge in [-0.2, -0.15) is 0 Å². The minimum absolute atomic E-state index is 0.0456. The van der Waals surface area contributed by atoms with Crippen LogP contribution >= 0.6 is 11.6 Å². The second-order valence-corrected chi connectivity index (χ2v) is 8.51. The van der Waals surface area contributed by atoms with E-state index in [1.165, 1.54) is 43.5 Å². The molecule has 1 rings (SSSR count). The number of nitrogens with one attached hydrogen (secondary N) is 1. The summed E-state index contributed by atoms with van der Waals surface area (Å²) < 4.78 is 0. The SMILES string of the molecule is CCCCCCCCCCC(=O)N(NC(=O)c1ccc(Cl)cc1)C(C)(C)C. The highest BCUT2D eigenvalue weighted by molar-refractivity contribution is 6.30. The number of nitrogens with zero attached hydrogens (tertiary/aromatic N) is 1. The van der Waals surface area contributed by atoms with Crippen LogP contribution in [0.5, 0.6) is 0 Å². The number of amides is 2. The highest BCUT2D eigenvalue weighted by atomic mass is 35.5. The van der Waals surface area contributed by atoms with Gasteiger partial charge < -0.3 is 0 Å². The monoisotopic (exact) mass is 394 g/mol. The van der Waals surface area contributed by atoms with Gasteiger partial charge in [0.25, 0.3) is 5.91 Å². The minimum Gasteiger partial charge on any atom is -0.273 e. The van der Waals surface area contributed by atoms with Crippen molar-refractivity contribution in [1.82, 2.24) is 10.4 Å². The lowest BCUT2D eigenvalue weighted by atomic mass is 10.1. The van der Waals surface area contributed by atoms with Gasteiger partial charge in [-0.05, 0) is 51.5 Å².